The molecule has 1 aromatic carbocycles. The van der Waals surface area contributed by atoms with Crippen LogP contribution in [0.25, 0.3) is 0 Å². The zero-order valence-electron chi connectivity index (χ0n) is 15.5. The molecule has 2 N–H and O–H groups in total. The van der Waals surface area contributed by atoms with Crippen LogP contribution in [0.15, 0.2) is 24.3 Å². The number of anilines is 1. The molecule has 1 aliphatic rings. The number of halogens is 1. The highest BCUT2D eigenvalue weighted by Crippen LogP contribution is 2.23. The number of carbonyl (C=O) groups excluding carboxylic acids is 4. The predicted molar refractivity (Wildman–Crippen MR) is 101 cm³/mol. The standard InChI is InChI=1S/C18H17FN4O5S/c1-9-14(16(26)28-2)22-17(29-9)21-13(24)7-12-15(25)23(18(27)20-12)8-10-4-3-5-11(19)6-10/h3-6,12H,7-8H2,1-2H3,(H,20,27)(H,21,22,24). The number of imide groups is 1. The summed E-state index contributed by atoms with van der Waals surface area (Å²) in [6.07, 6.45) is -0.309. The molecule has 1 saturated heterocycles. The molecule has 0 radical (unpaired) electrons. The van der Waals surface area contributed by atoms with Crippen molar-refractivity contribution in [3.05, 3.63) is 46.2 Å². The molecule has 3 rings (SSSR count). The van der Waals surface area contributed by atoms with Crippen molar-refractivity contribution in [3.8, 4) is 0 Å². The van der Waals surface area contributed by atoms with Crippen molar-refractivity contribution >= 4 is 40.3 Å². The summed E-state index contributed by atoms with van der Waals surface area (Å²) in [6.45, 7) is 1.55. The number of esters is 1. The predicted octanol–water partition coefficient (Wildman–Crippen LogP) is 1.83. The van der Waals surface area contributed by atoms with Crippen molar-refractivity contribution in [2.45, 2.75) is 25.9 Å². The molecule has 1 aromatic heterocycles. The summed E-state index contributed by atoms with van der Waals surface area (Å²) >= 11 is 1.09. The molecular weight excluding hydrogens is 403 g/mol. The van der Waals surface area contributed by atoms with E-state index in [9.17, 15) is 23.6 Å². The second-order valence-electron chi connectivity index (χ2n) is 6.22. The number of hydrogen-bond donors (Lipinski definition) is 2. The number of ether oxygens (including phenoxy) is 1. The van der Waals surface area contributed by atoms with Crippen LogP contribution in [0.1, 0.15) is 27.3 Å². The minimum atomic E-state index is -1.04. The summed E-state index contributed by atoms with van der Waals surface area (Å²) in [7, 11) is 1.23. The lowest BCUT2D eigenvalue weighted by molar-refractivity contribution is -0.130. The number of amides is 4. The van der Waals surface area contributed by atoms with Gasteiger partial charge in [-0.05, 0) is 24.6 Å². The van der Waals surface area contributed by atoms with Crippen LogP contribution in [0.5, 0.6) is 0 Å². The highest BCUT2D eigenvalue weighted by Gasteiger charge is 2.39. The molecule has 9 nitrogen and oxygen atoms in total. The van der Waals surface area contributed by atoms with Gasteiger partial charge in [-0.2, -0.15) is 0 Å². The lowest BCUT2D eigenvalue weighted by atomic mass is 10.1. The summed E-state index contributed by atoms with van der Waals surface area (Å²) in [5.41, 5.74) is 0.548. The highest BCUT2D eigenvalue weighted by molar-refractivity contribution is 7.16. The Morgan fingerprint density at radius 2 is 2.14 bits per heavy atom. The molecule has 1 unspecified atom stereocenters. The van der Waals surface area contributed by atoms with Gasteiger partial charge in [0.2, 0.25) is 5.91 Å². The number of nitrogens with zero attached hydrogens (tertiary/aromatic N) is 2. The first-order valence-corrected chi connectivity index (χ1v) is 9.32. The number of aryl methyl sites for hydroxylation is 1. The average molecular weight is 420 g/mol. The third-order valence-electron chi connectivity index (χ3n) is 4.15. The molecule has 0 spiro atoms. The van der Waals surface area contributed by atoms with E-state index >= 15 is 0 Å². The van der Waals surface area contributed by atoms with Crippen LogP contribution in [0, 0.1) is 12.7 Å². The van der Waals surface area contributed by atoms with Crippen molar-refractivity contribution in [2.24, 2.45) is 0 Å². The van der Waals surface area contributed by atoms with E-state index in [1.807, 2.05) is 0 Å². The van der Waals surface area contributed by atoms with Crippen molar-refractivity contribution in [3.63, 3.8) is 0 Å². The summed E-state index contributed by atoms with van der Waals surface area (Å²) in [6, 6.07) is 3.85. The number of urea groups is 1. The number of carbonyl (C=O) groups is 4. The molecule has 2 heterocycles. The van der Waals surface area contributed by atoms with Crippen LogP contribution in [0.2, 0.25) is 0 Å². The van der Waals surface area contributed by atoms with Gasteiger partial charge in [0.15, 0.2) is 10.8 Å². The first kappa shape index (κ1) is 20.4. The zero-order valence-corrected chi connectivity index (χ0v) is 16.3. The summed E-state index contributed by atoms with van der Waals surface area (Å²) in [4.78, 5) is 53.9. The van der Waals surface area contributed by atoms with Gasteiger partial charge in [-0.3, -0.25) is 14.5 Å². The summed E-state index contributed by atoms with van der Waals surface area (Å²) < 4.78 is 17.9. The Morgan fingerprint density at radius 1 is 1.38 bits per heavy atom. The fourth-order valence-electron chi connectivity index (χ4n) is 2.77. The molecule has 152 valence electrons. The zero-order chi connectivity index (χ0) is 21.1. The number of nitrogens with one attached hydrogen (secondary N) is 2. The van der Waals surface area contributed by atoms with Crippen LogP contribution >= 0.6 is 11.3 Å². The minimum absolute atomic E-state index is 0.0966. The largest absolute Gasteiger partial charge is 0.464 e. The van der Waals surface area contributed by atoms with Gasteiger partial charge < -0.3 is 15.4 Å². The SMILES string of the molecule is COC(=O)c1nc(NC(=O)CC2NC(=O)N(Cc3cccc(F)c3)C2=O)sc1C. The maximum absolute atomic E-state index is 13.3. The van der Waals surface area contributed by atoms with Crippen LogP contribution in [-0.4, -0.2) is 46.9 Å². The van der Waals surface area contributed by atoms with E-state index in [1.54, 1.807) is 13.0 Å². The molecule has 29 heavy (non-hydrogen) atoms. The second-order valence-corrected chi connectivity index (χ2v) is 7.43. The Labute approximate surface area is 168 Å². The molecule has 11 heteroatoms. The molecular formula is C18H17FN4O5S. The van der Waals surface area contributed by atoms with E-state index in [0.717, 1.165) is 16.2 Å². The Bertz CT molecular complexity index is 992. The van der Waals surface area contributed by atoms with Crippen molar-refractivity contribution in [2.75, 3.05) is 12.4 Å². The monoisotopic (exact) mass is 420 g/mol. The Kier molecular flexibility index (Phi) is 5.87. The summed E-state index contributed by atoms with van der Waals surface area (Å²) in [5.74, 6) is -2.23. The normalized spacial score (nSPS) is 16.0. The smallest absolute Gasteiger partial charge is 0.357 e. The molecule has 4 amide bonds. The number of methoxy groups -OCH3 is 1. The molecule has 0 aliphatic carbocycles. The first-order valence-electron chi connectivity index (χ1n) is 8.50. The van der Waals surface area contributed by atoms with Crippen molar-refractivity contribution in [1.29, 1.82) is 0 Å². The number of benzene rings is 1. The van der Waals surface area contributed by atoms with E-state index in [0.29, 0.717) is 10.4 Å². The van der Waals surface area contributed by atoms with E-state index in [2.05, 4.69) is 20.4 Å². The lowest BCUT2D eigenvalue weighted by Gasteiger charge is -2.13. The van der Waals surface area contributed by atoms with Gasteiger partial charge in [0, 0.05) is 4.88 Å². The average Bonchev–Trinajstić information content (AvgIpc) is 3.15. The molecule has 1 atom stereocenters. The Balaban J connectivity index is 1.62. The minimum Gasteiger partial charge on any atom is -0.464 e. The Morgan fingerprint density at radius 3 is 2.83 bits per heavy atom. The number of hydrogen-bond acceptors (Lipinski definition) is 7. The maximum Gasteiger partial charge on any atom is 0.357 e. The van der Waals surface area contributed by atoms with Crippen LogP contribution in [0.3, 0.4) is 0 Å². The first-order chi connectivity index (χ1) is 13.8. The van der Waals surface area contributed by atoms with Gasteiger partial charge in [0.1, 0.15) is 11.9 Å². The lowest BCUT2D eigenvalue weighted by Crippen LogP contribution is -2.34. The Hall–Kier alpha value is -3.34. The topological polar surface area (TPSA) is 118 Å². The highest BCUT2D eigenvalue weighted by atomic mass is 32.1. The number of thiazole rings is 1. The van der Waals surface area contributed by atoms with Gasteiger partial charge in [-0.1, -0.05) is 12.1 Å². The van der Waals surface area contributed by atoms with Crippen LogP contribution in [-0.2, 0) is 20.9 Å². The van der Waals surface area contributed by atoms with Crippen molar-refractivity contribution in [1.82, 2.24) is 15.2 Å². The summed E-state index contributed by atoms with van der Waals surface area (Å²) in [5, 5.41) is 5.13. The van der Waals surface area contributed by atoms with E-state index in [-0.39, 0.29) is 23.8 Å². The third-order valence-corrected chi connectivity index (χ3v) is 5.03. The number of rotatable bonds is 6. The van der Waals surface area contributed by atoms with E-state index in [1.165, 1.54) is 25.3 Å². The second kappa shape index (κ2) is 8.35. The molecule has 0 saturated carbocycles. The van der Waals surface area contributed by atoms with Gasteiger partial charge in [-0.25, -0.2) is 19.0 Å². The molecule has 0 bridgehead atoms. The third kappa shape index (κ3) is 4.57. The van der Waals surface area contributed by atoms with Gasteiger partial charge in [0.25, 0.3) is 5.91 Å². The van der Waals surface area contributed by atoms with Crippen LogP contribution in [0.4, 0.5) is 14.3 Å². The van der Waals surface area contributed by atoms with Gasteiger partial charge in [-0.15, -0.1) is 11.3 Å². The number of aromatic nitrogens is 1. The fourth-order valence-corrected chi connectivity index (χ4v) is 3.59. The van der Waals surface area contributed by atoms with Crippen LogP contribution < -0.4 is 10.6 Å². The molecule has 1 fully saturated rings. The van der Waals surface area contributed by atoms with Gasteiger partial charge in [0.05, 0.1) is 20.1 Å². The quantitative estimate of drug-likeness (QED) is 0.544. The van der Waals surface area contributed by atoms with Crippen molar-refractivity contribution < 1.29 is 28.3 Å². The van der Waals surface area contributed by atoms with E-state index < -0.39 is 35.7 Å². The van der Waals surface area contributed by atoms with Gasteiger partial charge >= 0.3 is 12.0 Å². The molecule has 1 aliphatic heterocycles. The maximum atomic E-state index is 13.3. The fraction of sp³-hybridized carbons (Fsp3) is 0.278. The van der Waals surface area contributed by atoms with E-state index in [4.69, 9.17) is 0 Å². The molecule has 2 aromatic rings.